The van der Waals surface area contributed by atoms with Crippen LogP contribution in [-0.4, -0.2) is 42.6 Å². The van der Waals surface area contributed by atoms with Crippen molar-refractivity contribution in [2.75, 3.05) is 32.1 Å². The van der Waals surface area contributed by atoms with Gasteiger partial charge in [0.1, 0.15) is 17.4 Å². The van der Waals surface area contributed by atoms with Crippen molar-refractivity contribution in [2.45, 2.75) is 12.5 Å². The summed E-state index contributed by atoms with van der Waals surface area (Å²) < 4.78 is 14.1. The Kier molecular flexibility index (Phi) is 3.47. The van der Waals surface area contributed by atoms with E-state index in [1.165, 1.54) is 6.07 Å². The summed E-state index contributed by atoms with van der Waals surface area (Å²) in [7, 11) is 4.05. The number of nitriles is 1. The van der Waals surface area contributed by atoms with Crippen molar-refractivity contribution in [3.8, 4) is 6.07 Å². The van der Waals surface area contributed by atoms with Gasteiger partial charge in [0.15, 0.2) is 5.82 Å². The standard InChI is InChI=1S/C16H16ClFN4/c1-16(21(2)3)8-22(9-16)15-11(7-19)4-10-5-12(17)6-13(18)14(10)20-15/h4-6H,8-9H2,1-3H3. The highest BCUT2D eigenvalue weighted by Gasteiger charge is 2.42. The van der Waals surface area contributed by atoms with Gasteiger partial charge in [-0.1, -0.05) is 11.6 Å². The summed E-state index contributed by atoms with van der Waals surface area (Å²) in [5, 5.41) is 10.2. The zero-order valence-corrected chi connectivity index (χ0v) is 13.4. The Hall–Kier alpha value is -1.90. The third-order valence-electron chi connectivity index (χ3n) is 4.38. The van der Waals surface area contributed by atoms with Gasteiger partial charge < -0.3 is 9.80 Å². The highest BCUT2D eigenvalue weighted by atomic mass is 35.5. The molecule has 1 aliphatic heterocycles. The van der Waals surface area contributed by atoms with E-state index in [1.807, 2.05) is 19.0 Å². The van der Waals surface area contributed by atoms with Gasteiger partial charge in [-0.15, -0.1) is 0 Å². The molecule has 0 aliphatic carbocycles. The molecule has 22 heavy (non-hydrogen) atoms. The van der Waals surface area contributed by atoms with Gasteiger partial charge in [0.25, 0.3) is 0 Å². The number of hydrogen-bond donors (Lipinski definition) is 0. The Balaban J connectivity index is 2.06. The third-order valence-corrected chi connectivity index (χ3v) is 4.60. The minimum atomic E-state index is -0.468. The predicted octanol–water partition coefficient (Wildman–Crippen LogP) is 3.04. The van der Waals surface area contributed by atoms with Crippen molar-refractivity contribution in [3.05, 3.63) is 34.6 Å². The SMILES string of the molecule is CN(C)C1(C)CN(c2nc3c(F)cc(Cl)cc3cc2C#N)C1. The molecular weight excluding hydrogens is 303 g/mol. The van der Waals surface area contributed by atoms with Crippen LogP contribution in [0.25, 0.3) is 10.9 Å². The maximum Gasteiger partial charge on any atom is 0.150 e. The Morgan fingerprint density at radius 2 is 2.05 bits per heavy atom. The van der Waals surface area contributed by atoms with E-state index in [9.17, 15) is 9.65 Å². The van der Waals surface area contributed by atoms with Crippen LogP contribution >= 0.6 is 11.6 Å². The third kappa shape index (κ3) is 2.29. The first-order valence-corrected chi connectivity index (χ1v) is 7.34. The monoisotopic (exact) mass is 318 g/mol. The zero-order valence-electron chi connectivity index (χ0n) is 12.7. The van der Waals surface area contributed by atoms with Gasteiger partial charge in [-0.25, -0.2) is 9.37 Å². The lowest BCUT2D eigenvalue weighted by molar-refractivity contribution is 0.132. The smallest absolute Gasteiger partial charge is 0.150 e. The molecule has 114 valence electrons. The second-order valence-corrected chi connectivity index (χ2v) is 6.61. The maximum atomic E-state index is 14.1. The number of nitrogens with zero attached hydrogens (tertiary/aromatic N) is 4. The van der Waals surface area contributed by atoms with Crippen molar-refractivity contribution in [3.63, 3.8) is 0 Å². The lowest BCUT2D eigenvalue weighted by Gasteiger charge is -2.52. The fraction of sp³-hybridized carbons (Fsp3) is 0.375. The van der Waals surface area contributed by atoms with Gasteiger partial charge in [0.05, 0.1) is 11.1 Å². The number of rotatable bonds is 2. The first kappa shape index (κ1) is 15.0. The van der Waals surface area contributed by atoms with Gasteiger partial charge in [0.2, 0.25) is 0 Å². The molecule has 0 spiro atoms. The van der Waals surface area contributed by atoms with Gasteiger partial charge in [0, 0.05) is 23.5 Å². The molecule has 0 saturated carbocycles. The van der Waals surface area contributed by atoms with E-state index in [1.54, 1.807) is 12.1 Å². The summed E-state index contributed by atoms with van der Waals surface area (Å²) in [6.45, 7) is 3.65. The number of anilines is 1. The number of fused-ring (bicyclic) bond motifs is 1. The number of aromatic nitrogens is 1. The molecule has 0 N–H and O–H groups in total. The van der Waals surface area contributed by atoms with E-state index in [4.69, 9.17) is 11.6 Å². The van der Waals surface area contributed by atoms with Crippen molar-refractivity contribution in [1.29, 1.82) is 5.26 Å². The average molecular weight is 319 g/mol. The fourth-order valence-corrected chi connectivity index (χ4v) is 2.95. The fourth-order valence-electron chi connectivity index (χ4n) is 2.73. The summed E-state index contributed by atoms with van der Waals surface area (Å²) in [4.78, 5) is 8.54. The Bertz CT molecular complexity index is 791. The number of benzene rings is 1. The van der Waals surface area contributed by atoms with E-state index in [2.05, 4.69) is 22.9 Å². The number of halogens is 2. The van der Waals surface area contributed by atoms with Crippen LogP contribution in [0, 0.1) is 17.1 Å². The number of likely N-dealkylation sites (N-methyl/N-ethyl adjacent to an activating group) is 1. The molecule has 0 amide bonds. The summed E-state index contributed by atoms with van der Waals surface area (Å²) >= 11 is 5.87. The molecule has 1 fully saturated rings. The van der Waals surface area contributed by atoms with Crippen molar-refractivity contribution < 1.29 is 4.39 Å². The Morgan fingerprint density at radius 3 is 2.64 bits per heavy atom. The van der Waals surface area contributed by atoms with Gasteiger partial charge >= 0.3 is 0 Å². The Morgan fingerprint density at radius 1 is 1.36 bits per heavy atom. The molecule has 1 aromatic carbocycles. The average Bonchev–Trinajstić information content (AvgIpc) is 2.42. The highest BCUT2D eigenvalue weighted by molar-refractivity contribution is 6.31. The first-order valence-electron chi connectivity index (χ1n) is 6.96. The second-order valence-electron chi connectivity index (χ2n) is 6.18. The normalized spacial score (nSPS) is 16.7. The second kappa shape index (κ2) is 5.08. The van der Waals surface area contributed by atoms with Gasteiger partial charge in [-0.05, 0) is 39.2 Å². The summed E-state index contributed by atoms with van der Waals surface area (Å²) in [6, 6.07) is 6.67. The lowest BCUT2D eigenvalue weighted by Crippen LogP contribution is -2.67. The molecule has 4 nitrogen and oxygen atoms in total. The van der Waals surface area contributed by atoms with Crippen molar-refractivity contribution >= 4 is 28.3 Å². The molecule has 0 bridgehead atoms. The number of pyridine rings is 1. The molecule has 6 heteroatoms. The van der Waals surface area contributed by atoms with E-state index in [0.717, 1.165) is 13.1 Å². The zero-order chi connectivity index (χ0) is 16.1. The molecule has 0 unspecified atom stereocenters. The molecule has 3 rings (SSSR count). The molecule has 0 atom stereocenters. The molecule has 1 saturated heterocycles. The van der Waals surface area contributed by atoms with E-state index in [0.29, 0.717) is 21.8 Å². The summed E-state index contributed by atoms with van der Waals surface area (Å²) in [5.41, 5.74) is 0.730. The first-order chi connectivity index (χ1) is 10.3. The van der Waals surface area contributed by atoms with Gasteiger partial charge in [-0.3, -0.25) is 0 Å². The minimum Gasteiger partial charge on any atom is -0.352 e. The molecular formula is C16H16ClFN4. The lowest BCUT2D eigenvalue weighted by atomic mass is 9.90. The molecule has 2 aromatic rings. The van der Waals surface area contributed by atoms with Crippen LogP contribution in [0.4, 0.5) is 10.2 Å². The molecule has 0 radical (unpaired) electrons. The van der Waals surface area contributed by atoms with Crippen LogP contribution in [0.1, 0.15) is 12.5 Å². The molecule has 1 aliphatic rings. The van der Waals surface area contributed by atoms with E-state index >= 15 is 0 Å². The minimum absolute atomic E-state index is 0.0436. The van der Waals surface area contributed by atoms with E-state index < -0.39 is 5.82 Å². The maximum absolute atomic E-state index is 14.1. The molecule has 2 heterocycles. The van der Waals surface area contributed by atoms with E-state index in [-0.39, 0.29) is 11.1 Å². The quantitative estimate of drug-likeness (QED) is 0.853. The van der Waals surface area contributed by atoms with Crippen LogP contribution in [0.3, 0.4) is 0 Å². The van der Waals surface area contributed by atoms with Crippen LogP contribution < -0.4 is 4.90 Å². The van der Waals surface area contributed by atoms with Crippen LogP contribution in [0.15, 0.2) is 18.2 Å². The van der Waals surface area contributed by atoms with Crippen LogP contribution in [-0.2, 0) is 0 Å². The summed E-state index contributed by atoms with van der Waals surface area (Å²) in [5.74, 6) is 0.0692. The highest BCUT2D eigenvalue weighted by Crippen LogP contribution is 2.34. The summed E-state index contributed by atoms with van der Waals surface area (Å²) in [6.07, 6.45) is 0. The molecule has 1 aromatic heterocycles. The Labute approximate surface area is 133 Å². The topological polar surface area (TPSA) is 43.2 Å². The largest absolute Gasteiger partial charge is 0.352 e. The van der Waals surface area contributed by atoms with Crippen LogP contribution in [0.2, 0.25) is 5.02 Å². The van der Waals surface area contributed by atoms with Crippen molar-refractivity contribution in [1.82, 2.24) is 9.88 Å². The van der Waals surface area contributed by atoms with Crippen molar-refractivity contribution in [2.24, 2.45) is 0 Å². The number of hydrogen-bond acceptors (Lipinski definition) is 4. The van der Waals surface area contributed by atoms with Crippen LogP contribution in [0.5, 0.6) is 0 Å². The van der Waals surface area contributed by atoms with Gasteiger partial charge in [-0.2, -0.15) is 5.26 Å². The predicted molar refractivity (Wildman–Crippen MR) is 85.7 cm³/mol.